The van der Waals surface area contributed by atoms with Crippen LogP contribution < -0.4 is 15.4 Å². The molecule has 0 aliphatic rings. The fourth-order valence-electron chi connectivity index (χ4n) is 2.43. The van der Waals surface area contributed by atoms with E-state index in [1.807, 2.05) is 6.92 Å². The number of aromatic nitrogens is 2. The first kappa shape index (κ1) is 20.7. The lowest BCUT2D eigenvalue weighted by Gasteiger charge is -2.15. The molecule has 3 rings (SSSR count). The number of nitrogens with zero attached hydrogens (tertiary/aromatic N) is 2. The number of alkyl halides is 3. The predicted molar refractivity (Wildman–Crippen MR) is 107 cm³/mol. The van der Waals surface area contributed by atoms with Crippen molar-refractivity contribution in [1.29, 1.82) is 0 Å². The summed E-state index contributed by atoms with van der Waals surface area (Å²) in [6.45, 7) is 2.61. The first-order valence-electron chi connectivity index (χ1n) is 8.82. The van der Waals surface area contributed by atoms with E-state index in [0.29, 0.717) is 28.8 Å². The number of nitrogens with one attached hydrogen (secondary N) is 2. The molecule has 0 atom stereocenters. The molecule has 2 N–H and O–H groups in total. The molecule has 0 aliphatic carbocycles. The van der Waals surface area contributed by atoms with Crippen molar-refractivity contribution in [2.24, 2.45) is 0 Å². The second kappa shape index (κ2) is 9.00. The highest BCUT2D eigenvalue weighted by Crippen LogP contribution is 2.35. The average molecular weight is 423 g/mol. The highest BCUT2D eigenvalue weighted by Gasteiger charge is 2.35. The average Bonchev–Trinajstić information content (AvgIpc) is 2.67. The molecule has 0 amide bonds. The van der Waals surface area contributed by atoms with Crippen molar-refractivity contribution in [2.75, 3.05) is 17.2 Å². The van der Waals surface area contributed by atoms with Gasteiger partial charge >= 0.3 is 6.18 Å². The lowest BCUT2D eigenvalue weighted by atomic mass is 10.2. The van der Waals surface area contributed by atoms with E-state index >= 15 is 0 Å². The molecular weight excluding hydrogens is 405 g/mol. The standard InChI is InChI=1S/C20H18ClF3N4O/c1-2-10-29-16-8-6-14(7-9-16)27-19-25-12-17(20(22,23)24)18(28-19)26-15-5-3-4-13(21)11-15/h3-9,11-12H,2,10H2,1H3,(H2,25,26,27,28). The normalized spacial score (nSPS) is 11.2. The van der Waals surface area contributed by atoms with Crippen LogP contribution in [-0.2, 0) is 6.18 Å². The third-order valence-electron chi connectivity index (χ3n) is 3.76. The van der Waals surface area contributed by atoms with Crippen LogP contribution in [0, 0.1) is 0 Å². The van der Waals surface area contributed by atoms with Gasteiger partial charge in [0.15, 0.2) is 0 Å². The molecule has 2 aromatic carbocycles. The summed E-state index contributed by atoms with van der Waals surface area (Å²) in [5.41, 5.74) is 0.0127. The summed E-state index contributed by atoms with van der Waals surface area (Å²) >= 11 is 5.91. The molecule has 0 aliphatic heterocycles. The second-order valence-electron chi connectivity index (χ2n) is 6.09. The van der Waals surface area contributed by atoms with Crippen LogP contribution in [0.4, 0.5) is 36.3 Å². The number of hydrogen-bond acceptors (Lipinski definition) is 5. The largest absolute Gasteiger partial charge is 0.494 e. The number of ether oxygens (including phenoxy) is 1. The summed E-state index contributed by atoms with van der Waals surface area (Å²) in [7, 11) is 0. The van der Waals surface area contributed by atoms with E-state index in [0.717, 1.165) is 12.6 Å². The molecule has 1 aromatic heterocycles. The van der Waals surface area contributed by atoms with Crippen molar-refractivity contribution < 1.29 is 17.9 Å². The van der Waals surface area contributed by atoms with Crippen LogP contribution in [0.15, 0.2) is 54.7 Å². The van der Waals surface area contributed by atoms with Crippen LogP contribution in [-0.4, -0.2) is 16.6 Å². The maximum absolute atomic E-state index is 13.4. The smallest absolute Gasteiger partial charge is 0.421 e. The molecule has 0 unspecified atom stereocenters. The lowest BCUT2D eigenvalue weighted by Crippen LogP contribution is -2.12. The molecule has 3 aromatic rings. The monoisotopic (exact) mass is 422 g/mol. The highest BCUT2D eigenvalue weighted by molar-refractivity contribution is 6.30. The van der Waals surface area contributed by atoms with Crippen molar-refractivity contribution in [3.63, 3.8) is 0 Å². The van der Waals surface area contributed by atoms with Gasteiger partial charge in [-0.3, -0.25) is 0 Å². The van der Waals surface area contributed by atoms with E-state index in [9.17, 15) is 13.2 Å². The third kappa shape index (κ3) is 5.74. The van der Waals surface area contributed by atoms with Gasteiger partial charge in [0.05, 0.1) is 6.61 Å². The van der Waals surface area contributed by atoms with Crippen molar-refractivity contribution >= 4 is 34.7 Å². The Morgan fingerprint density at radius 3 is 2.45 bits per heavy atom. The maximum Gasteiger partial charge on any atom is 0.421 e. The summed E-state index contributed by atoms with van der Waals surface area (Å²) in [6.07, 6.45) is -2.99. The number of benzene rings is 2. The quantitative estimate of drug-likeness (QED) is 0.459. The summed E-state index contributed by atoms with van der Waals surface area (Å²) in [5, 5.41) is 5.95. The summed E-state index contributed by atoms with van der Waals surface area (Å²) < 4.78 is 45.6. The zero-order valence-electron chi connectivity index (χ0n) is 15.4. The van der Waals surface area contributed by atoms with E-state index in [2.05, 4.69) is 20.6 Å². The molecule has 0 saturated heterocycles. The van der Waals surface area contributed by atoms with Gasteiger partial charge in [0, 0.05) is 22.6 Å². The topological polar surface area (TPSA) is 59.1 Å². The molecule has 1 heterocycles. The first-order chi connectivity index (χ1) is 13.8. The minimum absolute atomic E-state index is 0.0183. The van der Waals surface area contributed by atoms with Crippen molar-refractivity contribution in [3.8, 4) is 5.75 Å². The Bertz CT molecular complexity index is 965. The van der Waals surface area contributed by atoms with Gasteiger partial charge in [0.1, 0.15) is 17.1 Å². The predicted octanol–water partition coefficient (Wildman–Crippen LogP) is 6.42. The number of rotatable bonds is 7. The van der Waals surface area contributed by atoms with Crippen LogP contribution in [0.3, 0.4) is 0 Å². The molecule has 0 saturated carbocycles. The van der Waals surface area contributed by atoms with E-state index in [-0.39, 0.29) is 11.8 Å². The first-order valence-corrected chi connectivity index (χ1v) is 9.19. The molecule has 29 heavy (non-hydrogen) atoms. The molecule has 0 fully saturated rings. The minimum atomic E-state index is -4.61. The number of hydrogen-bond donors (Lipinski definition) is 2. The SMILES string of the molecule is CCCOc1ccc(Nc2ncc(C(F)(F)F)c(Nc3cccc(Cl)c3)n2)cc1. The van der Waals surface area contributed by atoms with E-state index in [4.69, 9.17) is 16.3 Å². The van der Waals surface area contributed by atoms with Gasteiger partial charge in [-0.05, 0) is 48.9 Å². The molecule has 0 spiro atoms. The van der Waals surface area contributed by atoms with Crippen molar-refractivity contribution in [3.05, 3.63) is 65.3 Å². The fraction of sp³-hybridized carbons (Fsp3) is 0.200. The molecule has 9 heteroatoms. The Balaban J connectivity index is 1.84. The minimum Gasteiger partial charge on any atom is -0.494 e. The third-order valence-corrected chi connectivity index (χ3v) is 4.00. The highest BCUT2D eigenvalue weighted by atomic mass is 35.5. The molecular formula is C20H18ClF3N4O. The van der Waals surface area contributed by atoms with Gasteiger partial charge < -0.3 is 15.4 Å². The van der Waals surface area contributed by atoms with Gasteiger partial charge in [0.2, 0.25) is 5.95 Å². The second-order valence-corrected chi connectivity index (χ2v) is 6.52. The van der Waals surface area contributed by atoms with Gasteiger partial charge in [-0.25, -0.2) is 4.98 Å². The van der Waals surface area contributed by atoms with Crippen LogP contribution in [0.1, 0.15) is 18.9 Å². The molecule has 0 radical (unpaired) electrons. The van der Waals surface area contributed by atoms with Gasteiger partial charge in [-0.15, -0.1) is 0 Å². The van der Waals surface area contributed by atoms with Gasteiger partial charge in [0.25, 0.3) is 0 Å². The zero-order chi connectivity index (χ0) is 20.9. The number of halogens is 4. The Kier molecular flexibility index (Phi) is 6.43. The van der Waals surface area contributed by atoms with Crippen LogP contribution in [0.2, 0.25) is 5.02 Å². The Hall–Kier alpha value is -3.00. The zero-order valence-corrected chi connectivity index (χ0v) is 16.2. The molecule has 152 valence electrons. The Morgan fingerprint density at radius 2 is 1.79 bits per heavy atom. The summed E-state index contributed by atoms with van der Waals surface area (Å²) in [6, 6.07) is 13.3. The molecule has 0 bridgehead atoms. The van der Waals surface area contributed by atoms with E-state index in [1.165, 1.54) is 6.07 Å². The van der Waals surface area contributed by atoms with Gasteiger partial charge in [-0.1, -0.05) is 24.6 Å². The Morgan fingerprint density at radius 1 is 1.03 bits per heavy atom. The van der Waals surface area contributed by atoms with Gasteiger partial charge in [-0.2, -0.15) is 18.2 Å². The summed E-state index contributed by atoms with van der Waals surface area (Å²) in [4.78, 5) is 7.80. The van der Waals surface area contributed by atoms with E-state index in [1.54, 1.807) is 42.5 Å². The lowest BCUT2D eigenvalue weighted by molar-refractivity contribution is -0.137. The van der Waals surface area contributed by atoms with Crippen molar-refractivity contribution in [2.45, 2.75) is 19.5 Å². The van der Waals surface area contributed by atoms with Crippen LogP contribution in [0.25, 0.3) is 0 Å². The van der Waals surface area contributed by atoms with E-state index < -0.39 is 11.7 Å². The maximum atomic E-state index is 13.4. The fourth-order valence-corrected chi connectivity index (χ4v) is 2.62. The Labute approximate surface area is 170 Å². The number of anilines is 4. The van der Waals surface area contributed by atoms with Crippen LogP contribution >= 0.6 is 11.6 Å². The van der Waals surface area contributed by atoms with Crippen LogP contribution in [0.5, 0.6) is 5.75 Å². The molecule has 5 nitrogen and oxygen atoms in total. The van der Waals surface area contributed by atoms with Crippen molar-refractivity contribution in [1.82, 2.24) is 9.97 Å². The summed E-state index contributed by atoms with van der Waals surface area (Å²) in [5.74, 6) is 0.346.